The Morgan fingerprint density at radius 1 is 1.09 bits per heavy atom. The molecule has 3 heterocycles. The van der Waals surface area contributed by atoms with E-state index >= 15 is 0 Å². The normalized spacial score (nSPS) is 20.7. The van der Waals surface area contributed by atoms with Crippen LogP contribution < -0.4 is 15.1 Å². The highest BCUT2D eigenvalue weighted by Crippen LogP contribution is 2.31. The van der Waals surface area contributed by atoms with Gasteiger partial charge < -0.3 is 19.9 Å². The summed E-state index contributed by atoms with van der Waals surface area (Å²) >= 11 is 1.33. The Labute approximate surface area is 191 Å². The minimum absolute atomic E-state index is 0.0192. The van der Waals surface area contributed by atoms with Crippen LogP contribution in [-0.4, -0.2) is 55.1 Å². The maximum Gasteiger partial charge on any atom is 0.262 e. The second-order valence-electron chi connectivity index (χ2n) is 8.11. The molecule has 3 aliphatic heterocycles. The summed E-state index contributed by atoms with van der Waals surface area (Å²) < 4.78 is 5.41. The van der Waals surface area contributed by atoms with Gasteiger partial charge in [-0.3, -0.25) is 9.59 Å². The fraction of sp³-hybridized carbons (Fsp3) is 0.375. The Balaban J connectivity index is 1.18. The van der Waals surface area contributed by atoms with Crippen molar-refractivity contribution in [2.45, 2.75) is 24.5 Å². The predicted octanol–water partition coefficient (Wildman–Crippen LogP) is 3.30. The minimum Gasteiger partial charge on any atom is -0.378 e. The number of amidine groups is 1. The molecule has 0 aromatic heterocycles. The number of carbonyl (C=O) groups is 2. The SMILES string of the molecule is O=C1N=C(Nc2ccc(N3CCOCC3)cc2)SC1CC(=O)N1CCCc2ccccc21. The average Bonchev–Trinajstić information content (AvgIpc) is 3.18. The molecular weight excluding hydrogens is 424 g/mol. The van der Waals surface area contributed by atoms with Gasteiger partial charge in [0.05, 0.1) is 13.2 Å². The van der Waals surface area contributed by atoms with Crippen molar-refractivity contribution in [3.8, 4) is 0 Å². The van der Waals surface area contributed by atoms with Crippen LogP contribution in [0.2, 0.25) is 0 Å². The number of carbonyl (C=O) groups excluding carboxylic acids is 2. The number of hydrogen-bond acceptors (Lipinski definition) is 6. The van der Waals surface area contributed by atoms with E-state index in [1.807, 2.05) is 35.2 Å². The topological polar surface area (TPSA) is 74.2 Å². The quantitative estimate of drug-likeness (QED) is 0.771. The van der Waals surface area contributed by atoms with Gasteiger partial charge in [-0.05, 0) is 48.7 Å². The molecule has 1 atom stereocenters. The van der Waals surface area contributed by atoms with Gasteiger partial charge in [-0.1, -0.05) is 30.0 Å². The number of aliphatic imine (C=N–C) groups is 1. The van der Waals surface area contributed by atoms with Crippen LogP contribution in [0, 0.1) is 0 Å². The van der Waals surface area contributed by atoms with E-state index in [1.54, 1.807) is 0 Å². The molecule has 7 nitrogen and oxygen atoms in total. The van der Waals surface area contributed by atoms with Gasteiger partial charge in [0, 0.05) is 43.1 Å². The molecule has 0 aliphatic carbocycles. The molecule has 8 heteroatoms. The zero-order chi connectivity index (χ0) is 21.9. The summed E-state index contributed by atoms with van der Waals surface area (Å²) in [5.41, 5.74) is 4.19. The van der Waals surface area contributed by atoms with Crippen molar-refractivity contribution in [1.82, 2.24) is 0 Å². The van der Waals surface area contributed by atoms with Crippen molar-refractivity contribution in [2.75, 3.05) is 48.0 Å². The zero-order valence-electron chi connectivity index (χ0n) is 17.8. The smallest absolute Gasteiger partial charge is 0.262 e. The molecule has 0 radical (unpaired) electrons. The van der Waals surface area contributed by atoms with Gasteiger partial charge in [0.1, 0.15) is 5.25 Å². The number of aryl methyl sites for hydroxylation is 1. The number of ether oxygens (including phenoxy) is 1. The van der Waals surface area contributed by atoms with E-state index in [0.717, 1.165) is 56.2 Å². The number of thioether (sulfide) groups is 1. The summed E-state index contributed by atoms with van der Waals surface area (Å²) in [4.78, 5) is 33.7. The lowest BCUT2D eigenvalue weighted by molar-refractivity contribution is -0.122. The molecule has 1 fully saturated rings. The fourth-order valence-electron chi connectivity index (χ4n) is 4.33. The number of amides is 2. The first-order valence-electron chi connectivity index (χ1n) is 11.0. The van der Waals surface area contributed by atoms with Crippen LogP contribution in [0.5, 0.6) is 0 Å². The number of benzene rings is 2. The molecule has 1 N–H and O–H groups in total. The van der Waals surface area contributed by atoms with Gasteiger partial charge in [0.15, 0.2) is 5.17 Å². The standard InChI is InChI=1S/C24H26N4O3S/c29-22(28-11-3-5-17-4-1-2-6-20(17)28)16-21-23(30)26-24(32-21)25-18-7-9-19(10-8-18)27-12-14-31-15-13-27/h1-2,4,6-10,21H,3,5,11-16H2,(H,25,26,30). The molecule has 166 valence electrons. The molecule has 5 rings (SSSR count). The van der Waals surface area contributed by atoms with E-state index in [9.17, 15) is 9.59 Å². The lowest BCUT2D eigenvalue weighted by Gasteiger charge is -2.30. The molecule has 0 spiro atoms. The van der Waals surface area contributed by atoms with Crippen LogP contribution in [-0.2, 0) is 20.7 Å². The Kier molecular flexibility index (Phi) is 6.14. The molecule has 32 heavy (non-hydrogen) atoms. The molecule has 1 unspecified atom stereocenters. The predicted molar refractivity (Wildman–Crippen MR) is 129 cm³/mol. The van der Waals surface area contributed by atoms with E-state index in [4.69, 9.17) is 4.74 Å². The van der Waals surface area contributed by atoms with Crippen LogP contribution >= 0.6 is 11.8 Å². The third-order valence-corrected chi connectivity index (χ3v) is 7.08. The third kappa shape index (κ3) is 4.52. The number of fused-ring (bicyclic) bond motifs is 1. The number of para-hydroxylation sites is 1. The Morgan fingerprint density at radius 2 is 1.88 bits per heavy atom. The van der Waals surface area contributed by atoms with Gasteiger partial charge in [-0.2, -0.15) is 4.99 Å². The number of nitrogens with zero attached hydrogens (tertiary/aromatic N) is 3. The zero-order valence-corrected chi connectivity index (χ0v) is 18.6. The largest absolute Gasteiger partial charge is 0.378 e. The van der Waals surface area contributed by atoms with Crippen LogP contribution in [0.3, 0.4) is 0 Å². The lowest BCUT2D eigenvalue weighted by atomic mass is 10.0. The number of anilines is 3. The minimum atomic E-state index is -0.480. The Bertz CT molecular complexity index is 1030. The van der Waals surface area contributed by atoms with Gasteiger partial charge >= 0.3 is 0 Å². The van der Waals surface area contributed by atoms with Crippen LogP contribution in [0.25, 0.3) is 0 Å². The van der Waals surface area contributed by atoms with E-state index < -0.39 is 5.25 Å². The monoisotopic (exact) mass is 450 g/mol. The van der Waals surface area contributed by atoms with Crippen molar-refractivity contribution in [3.63, 3.8) is 0 Å². The molecule has 2 amide bonds. The van der Waals surface area contributed by atoms with E-state index in [-0.39, 0.29) is 18.2 Å². The second-order valence-corrected chi connectivity index (χ2v) is 9.31. The van der Waals surface area contributed by atoms with Gasteiger partial charge in [-0.25, -0.2) is 0 Å². The second kappa shape index (κ2) is 9.34. The first kappa shape index (κ1) is 21.0. The molecule has 0 bridgehead atoms. The Morgan fingerprint density at radius 3 is 2.69 bits per heavy atom. The summed E-state index contributed by atoms with van der Waals surface area (Å²) in [5.74, 6) is -0.268. The molecule has 1 saturated heterocycles. The maximum absolute atomic E-state index is 13.0. The first-order chi connectivity index (χ1) is 15.7. The van der Waals surface area contributed by atoms with E-state index in [1.165, 1.54) is 17.3 Å². The average molecular weight is 451 g/mol. The summed E-state index contributed by atoms with van der Waals surface area (Å²) in [6, 6.07) is 16.1. The highest BCUT2D eigenvalue weighted by molar-refractivity contribution is 8.15. The highest BCUT2D eigenvalue weighted by Gasteiger charge is 2.33. The van der Waals surface area contributed by atoms with Gasteiger partial charge in [-0.15, -0.1) is 0 Å². The van der Waals surface area contributed by atoms with Crippen molar-refractivity contribution >= 4 is 45.8 Å². The van der Waals surface area contributed by atoms with Crippen molar-refractivity contribution in [3.05, 3.63) is 54.1 Å². The highest BCUT2D eigenvalue weighted by atomic mass is 32.2. The van der Waals surface area contributed by atoms with E-state index in [2.05, 4.69) is 33.4 Å². The molecule has 3 aliphatic rings. The summed E-state index contributed by atoms with van der Waals surface area (Å²) in [7, 11) is 0. The van der Waals surface area contributed by atoms with Gasteiger partial charge in [0.25, 0.3) is 5.91 Å². The number of nitrogens with one attached hydrogen (secondary N) is 1. The van der Waals surface area contributed by atoms with Crippen molar-refractivity contribution in [2.24, 2.45) is 4.99 Å². The number of rotatable bonds is 4. The summed E-state index contributed by atoms with van der Waals surface area (Å²) in [6.07, 6.45) is 2.08. The van der Waals surface area contributed by atoms with Crippen LogP contribution in [0.1, 0.15) is 18.4 Å². The number of hydrogen-bond donors (Lipinski definition) is 1. The van der Waals surface area contributed by atoms with Gasteiger partial charge in [0.2, 0.25) is 5.91 Å². The summed E-state index contributed by atoms with van der Waals surface area (Å²) in [6.45, 7) is 3.97. The van der Waals surface area contributed by atoms with Crippen molar-refractivity contribution < 1.29 is 14.3 Å². The maximum atomic E-state index is 13.0. The van der Waals surface area contributed by atoms with Crippen LogP contribution in [0.4, 0.5) is 17.1 Å². The lowest BCUT2D eigenvalue weighted by Crippen LogP contribution is -2.37. The molecule has 0 saturated carbocycles. The molecular formula is C24H26N4O3S. The van der Waals surface area contributed by atoms with E-state index in [0.29, 0.717) is 11.7 Å². The third-order valence-electron chi connectivity index (χ3n) is 6.01. The van der Waals surface area contributed by atoms with Crippen molar-refractivity contribution in [1.29, 1.82) is 0 Å². The molecule has 2 aromatic rings. The number of morpholine rings is 1. The fourth-order valence-corrected chi connectivity index (χ4v) is 5.30. The first-order valence-corrected chi connectivity index (χ1v) is 11.9. The molecule has 2 aromatic carbocycles. The Hall–Kier alpha value is -2.84. The van der Waals surface area contributed by atoms with Crippen LogP contribution in [0.15, 0.2) is 53.5 Å². The summed E-state index contributed by atoms with van der Waals surface area (Å²) in [5, 5.41) is 3.29.